The van der Waals surface area contributed by atoms with Gasteiger partial charge < -0.3 is 4.57 Å². The minimum absolute atomic E-state index is 0.108. The van der Waals surface area contributed by atoms with Crippen LogP contribution in [0.1, 0.15) is 57.2 Å². The van der Waals surface area contributed by atoms with Crippen molar-refractivity contribution in [2.24, 2.45) is 5.41 Å². The highest BCUT2D eigenvalue weighted by molar-refractivity contribution is 6.35. The van der Waals surface area contributed by atoms with Crippen molar-refractivity contribution in [3.05, 3.63) is 29.0 Å². The van der Waals surface area contributed by atoms with Gasteiger partial charge >= 0.3 is 0 Å². The van der Waals surface area contributed by atoms with Gasteiger partial charge in [-0.05, 0) is 43.7 Å². The zero-order valence-electron chi connectivity index (χ0n) is 12.7. The molecule has 114 valence electrons. The summed E-state index contributed by atoms with van der Waals surface area (Å²) in [7, 11) is 0. The Balaban J connectivity index is 2.13. The second-order valence-corrected chi connectivity index (χ2v) is 7.40. The number of alkyl halides is 1. The third kappa shape index (κ3) is 2.68. The molecule has 1 fully saturated rings. The van der Waals surface area contributed by atoms with Gasteiger partial charge in [0.2, 0.25) is 0 Å². The van der Waals surface area contributed by atoms with Crippen LogP contribution in [0, 0.1) is 5.41 Å². The van der Waals surface area contributed by atoms with Gasteiger partial charge in [-0.3, -0.25) is 0 Å². The van der Waals surface area contributed by atoms with E-state index < -0.39 is 0 Å². The number of hydrogen-bond donors (Lipinski definition) is 0. The number of fused-ring (bicyclic) bond motifs is 1. The highest BCUT2D eigenvalue weighted by Gasteiger charge is 2.34. The Bertz CT molecular complexity index is 640. The normalized spacial score (nSPS) is 19.2. The fourth-order valence-corrected chi connectivity index (χ4v) is 4.15. The van der Waals surface area contributed by atoms with E-state index in [1.807, 2.05) is 25.1 Å². The van der Waals surface area contributed by atoms with Crippen molar-refractivity contribution in [2.75, 3.05) is 0 Å². The van der Waals surface area contributed by atoms with Crippen molar-refractivity contribution in [1.82, 2.24) is 9.55 Å². The van der Waals surface area contributed by atoms with Gasteiger partial charge in [-0.2, -0.15) is 0 Å². The van der Waals surface area contributed by atoms with Crippen molar-refractivity contribution >= 4 is 34.2 Å². The molecule has 1 aliphatic rings. The van der Waals surface area contributed by atoms with Crippen molar-refractivity contribution < 1.29 is 0 Å². The molecule has 0 aliphatic heterocycles. The van der Waals surface area contributed by atoms with Gasteiger partial charge in [0.15, 0.2) is 0 Å². The van der Waals surface area contributed by atoms with Crippen LogP contribution in [0.2, 0.25) is 5.02 Å². The molecule has 0 amide bonds. The molecule has 1 unspecified atom stereocenters. The number of nitrogens with zero attached hydrogens (tertiary/aromatic N) is 2. The summed E-state index contributed by atoms with van der Waals surface area (Å²) in [5, 5.41) is 0.664. The first-order valence-corrected chi connectivity index (χ1v) is 8.66. The maximum Gasteiger partial charge on any atom is 0.127 e. The van der Waals surface area contributed by atoms with Crippen LogP contribution >= 0.6 is 23.2 Å². The fraction of sp³-hybridized carbons (Fsp3) is 0.588. The average Bonchev–Trinajstić information content (AvgIpc) is 3.06. The van der Waals surface area contributed by atoms with Crippen LogP contribution < -0.4 is 0 Å². The molecule has 1 atom stereocenters. The van der Waals surface area contributed by atoms with Crippen LogP contribution in [-0.4, -0.2) is 9.55 Å². The number of para-hydroxylation sites is 1. The Morgan fingerprint density at radius 2 is 2.05 bits per heavy atom. The van der Waals surface area contributed by atoms with E-state index in [1.165, 1.54) is 32.1 Å². The van der Waals surface area contributed by atoms with Crippen LogP contribution in [0.5, 0.6) is 0 Å². The Labute approximate surface area is 136 Å². The van der Waals surface area contributed by atoms with E-state index in [-0.39, 0.29) is 5.38 Å². The molecule has 0 N–H and O–H groups in total. The molecule has 1 aliphatic carbocycles. The maximum absolute atomic E-state index is 6.45. The van der Waals surface area contributed by atoms with Crippen LogP contribution in [0.4, 0.5) is 0 Å². The SMILES string of the molecule is CCC1(Cn2c(C(C)Cl)nc3cccc(Cl)c32)CCCC1. The minimum atomic E-state index is -0.108. The number of benzene rings is 1. The Morgan fingerprint density at radius 1 is 1.33 bits per heavy atom. The molecule has 4 heteroatoms. The first kappa shape index (κ1) is 15.2. The van der Waals surface area contributed by atoms with E-state index in [9.17, 15) is 0 Å². The van der Waals surface area contributed by atoms with Gasteiger partial charge in [-0.25, -0.2) is 4.98 Å². The summed E-state index contributed by atoms with van der Waals surface area (Å²) in [5.74, 6) is 0.944. The zero-order chi connectivity index (χ0) is 15.0. The number of imidazole rings is 1. The van der Waals surface area contributed by atoms with Crippen LogP contribution in [0.3, 0.4) is 0 Å². The van der Waals surface area contributed by atoms with Gasteiger partial charge in [-0.15, -0.1) is 11.6 Å². The second kappa shape index (κ2) is 5.81. The highest BCUT2D eigenvalue weighted by Crippen LogP contribution is 2.44. The fourth-order valence-electron chi connectivity index (χ4n) is 3.71. The monoisotopic (exact) mass is 324 g/mol. The van der Waals surface area contributed by atoms with Gasteiger partial charge in [0, 0.05) is 6.54 Å². The molecule has 2 aromatic rings. The van der Waals surface area contributed by atoms with E-state index in [0.29, 0.717) is 5.41 Å². The summed E-state index contributed by atoms with van der Waals surface area (Å²) in [6.45, 7) is 5.27. The first-order chi connectivity index (χ1) is 10.1. The summed E-state index contributed by atoms with van der Waals surface area (Å²) < 4.78 is 2.28. The lowest BCUT2D eigenvalue weighted by Gasteiger charge is -2.29. The van der Waals surface area contributed by atoms with Gasteiger partial charge in [-0.1, -0.05) is 37.4 Å². The minimum Gasteiger partial charge on any atom is -0.325 e. The summed E-state index contributed by atoms with van der Waals surface area (Å²) in [6, 6.07) is 5.92. The van der Waals surface area contributed by atoms with E-state index in [1.54, 1.807) is 0 Å². The molecule has 1 saturated carbocycles. The predicted molar refractivity (Wildman–Crippen MR) is 90.2 cm³/mol. The summed E-state index contributed by atoms with van der Waals surface area (Å²) in [6.07, 6.45) is 6.46. The Morgan fingerprint density at radius 3 is 2.67 bits per heavy atom. The van der Waals surface area contributed by atoms with E-state index in [2.05, 4.69) is 11.5 Å². The summed E-state index contributed by atoms with van der Waals surface area (Å²) >= 11 is 12.8. The number of rotatable bonds is 4. The first-order valence-electron chi connectivity index (χ1n) is 7.85. The standard InChI is InChI=1S/C17H22Cl2N2/c1-3-17(9-4-5-10-17)11-21-15-13(19)7-6-8-14(15)20-16(21)12(2)18/h6-8,12H,3-5,9-11H2,1-2H3. The zero-order valence-corrected chi connectivity index (χ0v) is 14.2. The Kier molecular flexibility index (Phi) is 4.20. The lowest BCUT2D eigenvalue weighted by Crippen LogP contribution is -2.24. The van der Waals surface area contributed by atoms with Crippen molar-refractivity contribution in [1.29, 1.82) is 0 Å². The number of aromatic nitrogens is 2. The lowest BCUT2D eigenvalue weighted by atomic mass is 9.83. The molecule has 0 spiro atoms. The van der Waals surface area contributed by atoms with Crippen molar-refractivity contribution in [3.63, 3.8) is 0 Å². The smallest absolute Gasteiger partial charge is 0.127 e. The molecule has 1 heterocycles. The molecule has 0 radical (unpaired) electrons. The molecular weight excluding hydrogens is 303 g/mol. The third-order valence-electron chi connectivity index (χ3n) is 5.01. The van der Waals surface area contributed by atoms with E-state index >= 15 is 0 Å². The molecule has 2 nitrogen and oxygen atoms in total. The topological polar surface area (TPSA) is 17.8 Å². The second-order valence-electron chi connectivity index (χ2n) is 6.34. The van der Waals surface area contributed by atoms with Gasteiger partial charge in [0.05, 0.1) is 21.4 Å². The van der Waals surface area contributed by atoms with Crippen LogP contribution in [-0.2, 0) is 6.54 Å². The Hall–Kier alpha value is -0.730. The van der Waals surface area contributed by atoms with E-state index in [0.717, 1.165) is 28.4 Å². The molecule has 21 heavy (non-hydrogen) atoms. The molecule has 1 aromatic heterocycles. The number of halogens is 2. The molecule has 3 rings (SSSR count). The summed E-state index contributed by atoms with van der Waals surface area (Å²) in [4.78, 5) is 4.73. The summed E-state index contributed by atoms with van der Waals surface area (Å²) in [5.41, 5.74) is 2.38. The molecule has 0 bridgehead atoms. The van der Waals surface area contributed by atoms with E-state index in [4.69, 9.17) is 28.2 Å². The largest absolute Gasteiger partial charge is 0.325 e. The predicted octanol–water partition coefficient (Wildman–Crippen LogP) is 5.96. The molecule has 0 saturated heterocycles. The lowest BCUT2D eigenvalue weighted by molar-refractivity contribution is 0.237. The molecule has 1 aromatic carbocycles. The van der Waals surface area contributed by atoms with Crippen molar-refractivity contribution in [2.45, 2.75) is 57.9 Å². The maximum atomic E-state index is 6.45. The molecular formula is C17H22Cl2N2. The quantitative estimate of drug-likeness (QED) is 0.634. The van der Waals surface area contributed by atoms with Gasteiger partial charge in [0.25, 0.3) is 0 Å². The van der Waals surface area contributed by atoms with Crippen LogP contribution in [0.25, 0.3) is 11.0 Å². The number of hydrogen-bond acceptors (Lipinski definition) is 1. The highest BCUT2D eigenvalue weighted by atomic mass is 35.5. The van der Waals surface area contributed by atoms with Crippen LogP contribution in [0.15, 0.2) is 18.2 Å². The van der Waals surface area contributed by atoms with Gasteiger partial charge in [0.1, 0.15) is 5.82 Å². The van der Waals surface area contributed by atoms with Crippen molar-refractivity contribution in [3.8, 4) is 0 Å². The third-order valence-corrected chi connectivity index (χ3v) is 5.51. The average molecular weight is 325 g/mol.